The number of nitrogens with zero attached hydrogens (tertiary/aromatic N) is 1. The molecule has 1 aromatic carbocycles. The van der Waals surface area contributed by atoms with Gasteiger partial charge in [0, 0.05) is 18.3 Å². The Morgan fingerprint density at radius 2 is 1.76 bits per heavy atom. The lowest BCUT2D eigenvalue weighted by atomic mass is 10.0. The van der Waals surface area contributed by atoms with Crippen molar-refractivity contribution < 1.29 is 9.90 Å². The monoisotopic (exact) mass is 229 g/mol. The summed E-state index contributed by atoms with van der Waals surface area (Å²) in [5, 5.41) is 9.25. The summed E-state index contributed by atoms with van der Waals surface area (Å²) in [4.78, 5) is 11.3. The van der Waals surface area contributed by atoms with E-state index in [-0.39, 0.29) is 0 Å². The van der Waals surface area contributed by atoms with Crippen LogP contribution in [0.3, 0.4) is 0 Å². The average molecular weight is 229 g/mol. The summed E-state index contributed by atoms with van der Waals surface area (Å²) in [6, 6.07) is 9.80. The lowest BCUT2D eigenvalue weighted by Crippen LogP contribution is -2.06. The zero-order chi connectivity index (χ0) is 12.6. The zero-order valence-corrected chi connectivity index (χ0v) is 10.2. The highest BCUT2D eigenvalue weighted by molar-refractivity contribution is 5.95. The summed E-state index contributed by atoms with van der Waals surface area (Å²) in [6.07, 6.45) is 0. The van der Waals surface area contributed by atoms with Gasteiger partial charge in [0.1, 0.15) is 5.69 Å². The van der Waals surface area contributed by atoms with Crippen molar-refractivity contribution >= 4 is 5.97 Å². The summed E-state index contributed by atoms with van der Waals surface area (Å²) in [5.41, 5.74) is 4.16. The number of aryl methyl sites for hydroxylation is 2. The lowest BCUT2D eigenvalue weighted by molar-refractivity contribution is 0.0687. The van der Waals surface area contributed by atoms with Gasteiger partial charge in [0.2, 0.25) is 0 Å². The van der Waals surface area contributed by atoms with Gasteiger partial charge >= 0.3 is 5.97 Å². The first-order valence-electron chi connectivity index (χ1n) is 5.47. The SMILES string of the molecule is Cc1ccc(-c2cc(C)n(C)c2C(=O)O)cc1. The van der Waals surface area contributed by atoms with Crippen LogP contribution in [0.25, 0.3) is 11.1 Å². The van der Waals surface area contributed by atoms with E-state index < -0.39 is 5.97 Å². The first kappa shape index (κ1) is 11.5. The highest BCUT2D eigenvalue weighted by Crippen LogP contribution is 2.27. The Kier molecular flexibility index (Phi) is 2.76. The van der Waals surface area contributed by atoms with Gasteiger partial charge in [-0.05, 0) is 25.5 Å². The minimum atomic E-state index is -0.892. The number of carboxylic acids is 1. The minimum absolute atomic E-state index is 0.339. The van der Waals surface area contributed by atoms with Crippen molar-refractivity contribution in [2.45, 2.75) is 13.8 Å². The van der Waals surface area contributed by atoms with Crippen molar-refractivity contribution in [3.05, 3.63) is 47.3 Å². The fourth-order valence-electron chi connectivity index (χ4n) is 1.94. The molecule has 3 heteroatoms. The molecule has 1 heterocycles. The molecule has 0 unspecified atom stereocenters. The third kappa shape index (κ3) is 1.96. The van der Waals surface area contributed by atoms with Crippen LogP contribution in [0.2, 0.25) is 0 Å². The molecule has 0 amide bonds. The van der Waals surface area contributed by atoms with E-state index in [0.29, 0.717) is 5.69 Å². The number of carboxylic acid groups (broad SMARTS) is 1. The predicted molar refractivity (Wildman–Crippen MR) is 67.3 cm³/mol. The molecule has 1 N–H and O–H groups in total. The van der Waals surface area contributed by atoms with Gasteiger partial charge in [0.25, 0.3) is 0 Å². The van der Waals surface area contributed by atoms with E-state index in [4.69, 9.17) is 0 Å². The predicted octanol–water partition coefficient (Wildman–Crippen LogP) is 3.01. The van der Waals surface area contributed by atoms with Crippen molar-refractivity contribution in [3.63, 3.8) is 0 Å². The molecule has 0 spiro atoms. The lowest BCUT2D eigenvalue weighted by Gasteiger charge is -2.04. The van der Waals surface area contributed by atoms with E-state index in [2.05, 4.69) is 0 Å². The highest BCUT2D eigenvalue weighted by atomic mass is 16.4. The first-order chi connectivity index (χ1) is 8.00. The summed E-state index contributed by atoms with van der Waals surface area (Å²) >= 11 is 0. The zero-order valence-electron chi connectivity index (χ0n) is 10.2. The molecule has 0 aliphatic carbocycles. The van der Waals surface area contributed by atoms with Crippen LogP contribution in [-0.2, 0) is 7.05 Å². The number of benzene rings is 1. The van der Waals surface area contributed by atoms with E-state index >= 15 is 0 Å². The van der Waals surface area contributed by atoms with Gasteiger partial charge in [-0.1, -0.05) is 29.8 Å². The molecule has 2 aromatic rings. The molecular weight excluding hydrogens is 214 g/mol. The number of aromatic nitrogens is 1. The van der Waals surface area contributed by atoms with Crippen LogP contribution in [0.1, 0.15) is 21.7 Å². The molecule has 2 rings (SSSR count). The maximum Gasteiger partial charge on any atom is 0.353 e. The molecule has 0 radical (unpaired) electrons. The maximum atomic E-state index is 11.3. The molecule has 1 aromatic heterocycles. The van der Waals surface area contributed by atoms with E-state index in [1.54, 1.807) is 11.6 Å². The molecule has 88 valence electrons. The number of aromatic carboxylic acids is 1. The summed E-state index contributed by atoms with van der Waals surface area (Å²) < 4.78 is 1.71. The topological polar surface area (TPSA) is 42.2 Å². The largest absolute Gasteiger partial charge is 0.477 e. The van der Waals surface area contributed by atoms with Crippen molar-refractivity contribution in [1.29, 1.82) is 0 Å². The van der Waals surface area contributed by atoms with E-state index in [1.807, 2.05) is 44.2 Å². The van der Waals surface area contributed by atoms with Gasteiger partial charge in [0.15, 0.2) is 0 Å². The Morgan fingerprint density at radius 1 is 1.18 bits per heavy atom. The van der Waals surface area contributed by atoms with Crippen LogP contribution in [0, 0.1) is 13.8 Å². The van der Waals surface area contributed by atoms with Gasteiger partial charge in [-0.3, -0.25) is 0 Å². The Morgan fingerprint density at radius 3 is 2.29 bits per heavy atom. The second-order valence-electron chi connectivity index (χ2n) is 4.28. The molecule has 17 heavy (non-hydrogen) atoms. The van der Waals surface area contributed by atoms with Crippen LogP contribution < -0.4 is 0 Å². The third-order valence-corrected chi connectivity index (χ3v) is 3.04. The Balaban J connectivity index is 2.63. The van der Waals surface area contributed by atoms with E-state index in [1.165, 1.54) is 5.56 Å². The standard InChI is InChI=1S/C14H15NO2/c1-9-4-6-11(7-5-9)12-8-10(2)15(3)13(12)14(16)17/h4-8H,1-3H3,(H,16,17). The maximum absolute atomic E-state index is 11.3. The van der Waals surface area contributed by atoms with Gasteiger partial charge < -0.3 is 9.67 Å². The number of carbonyl (C=O) groups is 1. The van der Waals surface area contributed by atoms with Crippen molar-refractivity contribution in [1.82, 2.24) is 4.57 Å². The fourth-order valence-corrected chi connectivity index (χ4v) is 1.94. The molecule has 3 nitrogen and oxygen atoms in total. The number of hydrogen-bond donors (Lipinski definition) is 1. The first-order valence-corrected chi connectivity index (χ1v) is 5.47. The van der Waals surface area contributed by atoms with Crippen LogP contribution in [-0.4, -0.2) is 15.6 Å². The number of rotatable bonds is 2. The summed E-state index contributed by atoms with van der Waals surface area (Å²) in [6.45, 7) is 3.92. The van der Waals surface area contributed by atoms with Gasteiger partial charge in [0.05, 0.1) is 0 Å². The second-order valence-corrected chi connectivity index (χ2v) is 4.28. The van der Waals surface area contributed by atoms with E-state index in [0.717, 1.165) is 16.8 Å². The molecule has 0 saturated heterocycles. The van der Waals surface area contributed by atoms with Crippen LogP contribution in [0.5, 0.6) is 0 Å². The van der Waals surface area contributed by atoms with Gasteiger partial charge in [-0.25, -0.2) is 4.79 Å². The molecule has 0 aliphatic heterocycles. The molecule has 0 aliphatic rings. The van der Waals surface area contributed by atoms with Crippen molar-refractivity contribution in [2.75, 3.05) is 0 Å². The minimum Gasteiger partial charge on any atom is -0.477 e. The summed E-state index contributed by atoms with van der Waals surface area (Å²) in [5.74, 6) is -0.892. The van der Waals surface area contributed by atoms with Crippen LogP contribution >= 0.6 is 0 Å². The molecular formula is C14H15NO2. The molecule has 0 bridgehead atoms. The fraction of sp³-hybridized carbons (Fsp3) is 0.214. The second kappa shape index (κ2) is 4.09. The van der Waals surface area contributed by atoms with Crippen LogP contribution in [0.15, 0.2) is 30.3 Å². The Bertz CT molecular complexity index is 565. The Labute approximate surface area is 100 Å². The third-order valence-electron chi connectivity index (χ3n) is 3.04. The number of hydrogen-bond acceptors (Lipinski definition) is 1. The highest BCUT2D eigenvalue weighted by Gasteiger charge is 2.17. The van der Waals surface area contributed by atoms with E-state index in [9.17, 15) is 9.90 Å². The van der Waals surface area contributed by atoms with Crippen molar-refractivity contribution in [3.8, 4) is 11.1 Å². The normalized spacial score (nSPS) is 10.5. The quantitative estimate of drug-likeness (QED) is 0.860. The van der Waals surface area contributed by atoms with Gasteiger partial charge in [-0.2, -0.15) is 0 Å². The summed E-state index contributed by atoms with van der Waals surface area (Å²) in [7, 11) is 1.77. The molecule has 0 saturated carbocycles. The average Bonchev–Trinajstić information content (AvgIpc) is 2.56. The molecule has 0 fully saturated rings. The Hall–Kier alpha value is -2.03. The molecule has 0 atom stereocenters. The van der Waals surface area contributed by atoms with Gasteiger partial charge in [-0.15, -0.1) is 0 Å². The van der Waals surface area contributed by atoms with Crippen LogP contribution in [0.4, 0.5) is 0 Å². The van der Waals surface area contributed by atoms with Crippen molar-refractivity contribution in [2.24, 2.45) is 7.05 Å². The smallest absolute Gasteiger partial charge is 0.353 e.